The van der Waals surface area contributed by atoms with E-state index in [2.05, 4.69) is 5.32 Å². The molecule has 0 aliphatic heterocycles. The van der Waals surface area contributed by atoms with Gasteiger partial charge in [-0.05, 0) is 62.7 Å². The topological polar surface area (TPSA) is 58.6 Å². The van der Waals surface area contributed by atoms with Crippen LogP contribution in [0.15, 0.2) is 78.9 Å². The van der Waals surface area contributed by atoms with Gasteiger partial charge in [0.1, 0.15) is 5.75 Å². The van der Waals surface area contributed by atoms with Crippen LogP contribution in [0.2, 0.25) is 0 Å². The molecule has 0 radical (unpaired) electrons. The van der Waals surface area contributed by atoms with Gasteiger partial charge in [0.05, 0.1) is 17.4 Å². The van der Waals surface area contributed by atoms with Gasteiger partial charge < -0.3 is 15.0 Å². The molecule has 2 amide bonds. The smallest absolute Gasteiger partial charge is 0.260 e. The summed E-state index contributed by atoms with van der Waals surface area (Å²) in [5, 5.41) is 2.89. The Morgan fingerprint density at radius 3 is 2.35 bits per heavy atom. The third-order valence-electron chi connectivity index (χ3n) is 5.04. The second-order valence-electron chi connectivity index (χ2n) is 7.25. The second kappa shape index (κ2) is 10.4. The third-order valence-corrected chi connectivity index (χ3v) is 5.04. The molecule has 0 aliphatic rings. The summed E-state index contributed by atoms with van der Waals surface area (Å²) in [7, 11) is 0. The zero-order valence-electron chi connectivity index (χ0n) is 18.2. The van der Waals surface area contributed by atoms with Gasteiger partial charge in [0.15, 0.2) is 0 Å². The van der Waals surface area contributed by atoms with Crippen LogP contribution >= 0.6 is 0 Å². The van der Waals surface area contributed by atoms with Gasteiger partial charge in [0.25, 0.3) is 11.8 Å². The summed E-state index contributed by atoms with van der Waals surface area (Å²) in [5.74, 6) is 0.184. The highest BCUT2D eigenvalue weighted by Crippen LogP contribution is 2.23. The van der Waals surface area contributed by atoms with Crippen molar-refractivity contribution in [2.75, 3.05) is 16.8 Å². The minimum atomic E-state index is -0.294. The van der Waals surface area contributed by atoms with Crippen molar-refractivity contribution in [1.82, 2.24) is 0 Å². The normalized spacial score (nSPS) is 11.5. The van der Waals surface area contributed by atoms with Crippen LogP contribution in [0.3, 0.4) is 0 Å². The number of anilines is 2. The van der Waals surface area contributed by atoms with Crippen molar-refractivity contribution in [2.45, 2.75) is 33.3 Å². The molecular weight excluding hydrogens is 388 g/mol. The van der Waals surface area contributed by atoms with Crippen LogP contribution in [-0.2, 0) is 0 Å². The van der Waals surface area contributed by atoms with Gasteiger partial charge in [-0.15, -0.1) is 0 Å². The molecule has 31 heavy (non-hydrogen) atoms. The highest BCUT2D eigenvalue weighted by atomic mass is 16.5. The maximum absolute atomic E-state index is 13.3. The molecule has 0 saturated heterocycles. The Bertz CT molecular complexity index is 1030. The van der Waals surface area contributed by atoms with E-state index in [4.69, 9.17) is 4.74 Å². The number of para-hydroxylation sites is 2. The zero-order chi connectivity index (χ0) is 22.2. The summed E-state index contributed by atoms with van der Waals surface area (Å²) in [6.45, 7) is 6.47. The predicted molar refractivity (Wildman–Crippen MR) is 125 cm³/mol. The van der Waals surface area contributed by atoms with Gasteiger partial charge in [-0.25, -0.2) is 0 Å². The maximum atomic E-state index is 13.3. The fourth-order valence-electron chi connectivity index (χ4n) is 3.20. The summed E-state index contributed by atoms with van der Waals surface area (Å²) < 4.78 is 5.82. The van der Waals surface area contributed by atoms with Crippen LogP contribution in [0.1, 0.15) is 47.9 Å². The quantitative estimate of drug-likeness (QED) is 0.506. The zero-order valence-corrected chi connectivity index (χ0v) is 18.2. The monoisotopic (exact) mass is 416 g/mol. The lowest BCUT2D eigenvalue weighted by Crippen LogP contribution is -2.31. The Hall–Kier alpha value is -3.60. The molecule has 1 N–H and O–H groups in total. The van der Waals surface area contributed by atoms with E-state index in [1.165, 1.54) is 0 Å². The highest BCUT2D eigenvalue weighted by molar-refractivity contribution is 6.13. The Balaban J connectivity index is 1.83. The Morgan fingerprint density at radius 2 is 1.65 bits per heavy atom. The Morgan fingerprint density at radius 1 is 0.935 bits per heavy atom. The first-order valence-electron chi connectivity index (χ1n) is 10.6. The molecule has 3 rings (SSSR count). The van der Waals surface area contributed by atoms with Gasteiger partial charge in [0.2, 0.25) is 0 Å². The molecule has 0 saturated carbocycles. The van der Waals surface area contributed by atoms with Crippen LogP contribution in [0.5, 0.6) is 5.75 Å². The summed E-state index contributed by atoms with van der Waals surface area (Å²) in [4.78, 5) is 27.9. The summed E-state index contributed by atoms with van der Waals surface area (Å²) >= 11 is 0. The number of ether oxygens (including phenoxy) is 1. The average molecular weight is 417 g/mol. The van der Waals surface area contributed by atoms with Crippen molar-refractivity contribution < 1.29 is 14.3 Å². The molecule has 1 atom stereocenters. The first-order valence-corrected chi connectivity index (χ1v) is 10.6. The SMILES string of the molecule is CCC(C)Oc1cccc(C(=O)Nc2ccccc2C(=O)N(CC)c2ccccc2)c1. The molecule has 0 fully saturated rings. The van der Waals surface area contributed by atoms with E-state index >= 15 is 0 Å². The second-order valence-corrected chi connectivity index (χ2v) is 7.25. The fraction of sp³-hybridized carbons (Fsp3) is 0.231. The number of benzene rings is 3. The van der Waals surface area contributed by atoms with Crippen molar-refractivity contribution in [1.29, 1.82) is 0 Å². The van der Waals surface area contributed by atoms with Crippen LogP contribution in [0.4, 0.5) is 11.4 Å². The summed E-state index contributed by atoms with van der Waals surface area (Å²) in [6.07, 6.45) is 0.941. The molecule has 5 heteroatoms. The molecule has 3 aromatic carbocycles. The summed E-state index contributed by atoms with van der Waals surface area (Å²) in [5.41, 5.74) is 2.19. The van der Waals surface area contributed by atoms with Gasteiger partial charge in [-0.2, -0.15) is 0 Å². The van der Waals surface area contributed by atoms with Crippen molar-refractivity contribution >= 4 is 23.2 Å². The number of carbonyl (C=O) groups is 2. The number of hydrogen-bond acceptors (Lipinski definition) is 3. The number of nitrogens with one attached hydrogen (secondary N) is 1. The number of amides is 2. The fourth-order valence-corrected chi connectivity index (χ4v) is 3.20. The molecule has 0 heterocycles. The number of nitrogens with zero attached hydrogens (tertiary/aromatic N) is 1. The summed E-state index contributed by atoms with van der Waals surface area (Å²) in [6, 6.07) is 23.6. The number of rotatable bonds is 8. The van der Waals surface area contributed by atoms with E-state index in [-0.39, 0.29) is 17.9 Å². The van der Waals surface area contributed by atoms with E-state index in [0.717, 1.165) is 12.1 Å². The minimum Gasteiger partial charge on any atom is -0.491 e. The lowest BCUT2D eigenvalue weighted by Gasteiger charge is -2.22. The van der Waals surface area contributed by atoms with Crippen molar-refractivity contribution in [2.24, 2.45) is 0 Å². The molecule has 5 nitrogen and oxygen atoms in total. The van der Waals surface area contributed by atoms with Crippen LogP contribution in [0.25, 0.3) is 0 Å². The predicted octanol–water partition coefficient (Wildman–Crippen LogP) is 5.78. The third kappa shape index (κ3) is 5.51. The number of carbonyl (C=O) groups excluding carboxylic acids is 2. The van der Waals surface area contributed by atoms with Crippen LogP contribution < -0.4 is 15.0 Å². The lowest BCUT2D eigenvalue weighted by atomic mass is 10.1. The molecule has 0 aliphatic carbocycles. The van der Waals surface area contributed by atoms with Gasteiger partial charge in [0, 0.05) is 17.8 Å². The average Bonchev–Trinajstić information content (AvgIpc) is 2.80. The van der Waals surface area contributed by atoms with E-state index < -0.39 is 0 Å². The minimum absolute atomic E-state index is 0.0645. The molecule has 3 aromatic rings. The van der Waals surface area contributed by atoms with Crippen molar-refractivity contribution in [3.63, 3.8) is 0 Å². The first kappa shape index (κ1) is 22.1. The van der Waals surface area contributed by atoms with Crippen LogP contribution in [0, 0.1) is 0 Å². The van der Waals surface area contributed by atoms with Gasteiger partial charge >= 0.3 is 0 Å². The van der Waals surface area contributed by atoms with E-state index in [1.54, 1.807) is 47.4 Å². The van der Waals surface area contributed by atoms with Gasteiger partial charge in [-0.3, -0.25) is 9.59 Å². The molecule has 0 spiro atoms. The van der Waals surface area contributed by atoms with Crippen molar-refractivity contribution in [3.05, 3.63) is 90.0 Å². The van der Waals surface area contributed by atoms with Crippen LogP contribution in [-0.4, -0.2) is 24.5 Å². The lowest BCUT2D eigenvalue weighted by molar-refractivity contribution is 0.0989. The molecular formula is C26H28N2O3. The molecule has 1 unspecified atom stereocenters. The Labute approximate surface area is 183 Å². The standard InChI is InChI=1S/C26H28N2O3/c1-4-19(3)31-22-15-11-12-20(18-22)25(29)27-24-17-10-9-16-23(24)26(30)28(5-2)21-13-7-6-8-14-21/h6-19H,4-5H2,1-3H3,(H,27,29). The maximum Gasteiger partial charge on any atom is 0.260 e. The highest BCUT2D eigenvalue weighted by Gasteiger charge is 2.20. The van der Waals surface area contributed by atoms with E-state index in [9.17, 15) is 9.59 Å². The number of hydrogen-bond donors (Lipinski definition) is 1. The molecule has 0 aromatic heterocycles. The van der Waals surface area contributed by atoms with Gasteiger partial charge in [-0.1, -0.05) is 43.3 Å². The molecule has 160 valence electrons. The largest absolute Gasteiger partial charge is 0.491 e. The molecule has 0 bridgehead atoms. The van der Waals surface area contributed by atoms with E-state index in [1.807, 2.05) is 57.2 Å². The first-order chi connectivity index (χ1) is 15.0. The van der Waals surface area contributed by atoms with Crippen molar-refractivity contribution in [3.8, 4) is 5.75 Å². The van der Waals surface area contributed by atoms with E-state index in [0.29, 0.717) is 29.1 Å². The Kier molecular flexibility index (Phi) is 7.44.